The lowest BCUT2D eigenvalue weighted by Gasteiger charge is -2.26. The molecule has 0 aliphatic carbocycles. The molecule has 7 heteroatoms. The van der Waals surface area contributed by atoms with Crippen LogP contribution in [0, 0.1) is 5.41 Å². The van der Waals surface area contributed by atoms with Crippen molar-refractivity contribution in [3.63, 3.8) is 0 Å². The van der Waals surface area contributed by atoms with E-state index in [0.29, 0.717) is 17.4 Å². The van der Waals surface area contributed by atoms with Crippen LogP contribution in [0.3, 0.4) is 0 Å². The molecule has 0 saturated heterocycles. The van der Waals surface area contributed by atoms with E-state index in [2.05, 4.69) is 54.1 Å². The molecule has 0 amide bonds. The van der Waals surface area contributed by atoms with E-state index in [9.17, 15) is 0 Å². The maximum atomic E-state index is 6.32. The molecule has 0 saturated carbocycles. The Bertz CT molecular complexity index is 1260. The normalized spacial score (nSPS) is 14.5. The molecule has 1 aliphatic heterocycles. The van der Waals surface area contributed by atoms with Crippen LogP contribution in [0.5, 0.6) is 5.75 Å². The average Bonchev–Trinajstić information content (AvgIpc) is 3.10. The lowest BCUT2D eigenvalue weighted by molar-refractivity contribution is 0.315. The summed E-state index contributed by atoms with van der Waals surface area (Å²) in [5, 5.41) is 9.94. The van der Waals surface area contributed by atoms with Gasteiger partial charge in [-0.15, -0.1) is 10.2 Å². The second-order valence-electron chi connectivity index (χ2n) is 9.28. The summed E-state index contributed by atoms with van der Waals surface area (Å²) >= 11 is 6.32. The smallest absolute Gasteiger partial charge is 0.257 e. The van der Waals surface area contributed by atoms with Crippen molar-refractivity contribution in [1.29, 1.82) is 0 Å². The molecule has 0 spiro atoms. The lowest BCUT2D eigenvalue weighted by Crippen LogP contribution is -2.20. The fraction of sp³-hybridized carbons (Fsp3) is 0.375. The van der Waals surface area contributed by atoms with E-state index >= 15 is 0 Å². The second kappa shape index (κ2) is 7.68. The minimum atomic E-state index is 0.267. The Balaban J connectivity index is 1.67. The van der Waals surface area contributed by atoms with Gasteiger partial charge in [-0.3, -0.25) is 4.40 Å². The highest BCUT2D eigenvalue weighted by Gasteiger charge is 2.25. The van der Waals surface area contributed by atoms with E-state index in [1.807, 2.05) is 22.6 Å². The molecule has 0 fully saturated rings. The van der Waals surface area contributed by atoms with Crippen molar-refractivity contribution in [1.82, 2.24) is 19.6 Å². The number of ether oxygens (including phenoxy) is 1. The third-order valence-corrected chi connectivity index (χ3v) is 5.97. The van der Waals surface area contributed by atoms with Gasteiger partial charge in [-0.1, -0.05) is 44.5 Å². The minimum Gasteiger partial charge on any atom is -0.491 e. The van der Waals surface area contributed by atoms with Crippen molar-refractivity contribution in [2.75, 3.05) is 18.1 Å². The van der Waals surface area contributed by atoms with Gasteiger partial charge in [0.15, 0.2) is 0 Å². The zero-order valence-corrected chi connectivity index (χ0v) is 18.9. The standard InChI is InChI=1S/C24H26ClN5O/c1-24(2,3)11-10-16-6-4-7-19-21(16)31-13-5-12-29(19)22-18-9-8-17(25)14-20(18)30-15-26-28-23(30)27-22/h4,6-9,14-15H,5,10-13H2,1-3H3. The van der Waals surface area contributed by atoms with E-state index in [-0.39, 0.29) is 5.41 Å². The molecule has 2 aromatic heterocycles. The van der Waals surface area contributed by atoms with Gasteiger partial charge in [-0.2, -0.15) is 4.98 Å². The first-order valence-electron chi connectivity index (χ1n) is 10.7. The summed E-state index contributed by atoms with van der Waals surface area (Å²) in [7, 11) is 0. The Morgan fingerprint density at radius 3 is 2.87 bits per heavy atom. The number of halogens is 1. The van der Waals surface area contributed by atoms with Gasteiger partial charge in [0.25, 0.3) is 5.78 Å². The zero-order valence-electron chi connectivity index (χ0n) is 18.1. The van der Waals surface area contributed by atoms with E-state index in [1.54, 1.807) is 6.33 Å². The summed E-state index contributed by atoms with van der Waals surface area (Å²) in [6, 6.07) is 12.3. The molecule has 31 heavy (non-hydrogen) atoms. The quantitative estimate of drug-likeness (QED) is 0.405. The molecule has 0 radical (unpaired) electrons. The van der Waals surface area contributed by atoms with Crippen LogP contribution in [-0.2, 0) is 6.42 Å². The van der Waals surface area contributed by atoms with Crippen molar-refractivity contribution in [3.8, 4) is 5.75 Å². The number of hydrogen-bond acceptors (Lipinski definition) is 5. The van der Waals surface area contributed by atoms with Crippen molar-refractivity contribution >= 4 is 39.8 Å². The van der Waals surface area contributed by atoms with Crippen molar-refractivity contribution < 1.29 is 4.74 Å². The number of nitrogens with zero attached hydrogens (tertiary/aromatic N) is 5. The molecule has 5 rings (SSSR count). The number of aromatic nitrogens is 4. The minimum absolute atomic E-state index is 0.267. The molecule has 2 aromatic carbocycles. The van der Waals surface area contributed by atoms with Crippen LogP contribution < -0.4 is 9.64 Å². The highest BCUT2D eigenvalue weighted by atomic mass is 35.5. The first-order valence-corrected chi connectivity index (χ1v) is 11.1. The van der Waals surface area contributed by atoms with Crippen molar-refractivity contribution in [2.45, 2.75) is 40.0 Å². The van der Waals surface area contributed by atoms with Gasteiger partial charge >= 0.3 is 0 Å². The molecular weight excluding hydrogens is 410 g/mol. The summed E-state index contributed by atoms with van der Waals surface area (Å²) in [5.74, 6) is 2.38. The molecule has 6 nitrogen and oxygen atoms in total. The first kappa shape index (κ1) is 20.1. The number of rotatable bonds is 3. The maximum absolute atomic E-state index is 6.32. The zero-order chi connectivity index (χ0) is 21.6. The Morgan fingerprint density at radius 2 is 2.03 bits per heavy atom. The van der Waals surface area contributed by atoms with Crippen LogP contribution >= 0.6 is 11.6 Å². The largest absolute Gasteiger partial charge is 0.491 e. The highest BCUT2D eigenvalue weighted by Crippen LogP contribution is 2.41. The number of hydrogen-bond donors (Lipinski definition) is 0. The molecule has 0 unspecified atom stereocenters. The van der Waals surface area contributed by atoms with E-state index in [4.69, 9.17) is 21.3 Å². The predicted octanol–water partition coefficient (Wildman–Crippen LogP) is 5.83. The Morgan fingerprint density at radius 1 is 1.16 bits per heavy atom. The van der Waals surface area contributed by atoms with Gasteiger partial charge in [0.2, 0.25) is 0 Å². The monoisotopic (exact) mass is 435 g/mol. The summed E-state index contributed by atoms with van der Waals surface area (Å²) in [6.07, 6.45) is 4.66. The van der Waals surface area contributed by atoms with Gasteiger partial charge in [0, 0.05) is 17.0 Å². The number of aryl methyl sites for hydroxylation is 1. The van der Waals surface area contributed by atoms with E-state index in [0.717, 1.165) is 54.0 Å². The topological polar surface area (TPSA) is 55.5 Å². The van der Waals surface area contributed by atoms with Gasteiger partial charge in [0.05, 0.1) is 17.8 Å². The third-order valence-electron chi connectivity index (χ3n) is 5.73. The maximum Gasteiger partial charge on any atom is 0.257 e. The number of fused-ring (bicyclic) bond motifs is 4. The molecule has 1 aliphatic rings. The van der Waals surface area contributed by atoms with Crippen LogP contribution in [0.2, 0.25) is 5.02 Å². The highest BCUT2D eigenvalue weighted by molar-refractivity contribution is 6.31. The summed E-state index contributed by atoms with van der Waals surface area (Å²) in [5.41, 5.74) is 3.50. The number of benzene rings is 2. The second-order valence-corrected chi connectivity index (χ2v) is 9.71. The molecule has 0 bridgehead atoms. The van der Waals surface area contributed by atoms with Crippen molar-refractivity contribution in [2.24, 2.45) is 5.41 Å². The van der Waals surface area contributed by atoms with Crippen molar-refractivity contribution in [3.05, 3.63) is 53.3 Å². The summed E-state index contributed by atoms with van der Waals surface area (Å²) in [6.45, 7) is 8.32. The predicted molar refractivity (Wildman–Crippen MR) is 125 cm³/mol. The molecule has 0 atom stereocenters. The van der Waals surface area contributed by atoms with Crippen LogP contribution in [0.1, 0.15) is 39.2 Å². The third kappa shape index (κ3) is 3.81. The molecule has 0 N–H and O–H groups in total. The fourth-order valence-corrected chi connectivity index (χ4v) is 4.29. The Labute approximate surface area is 186 Å². The Hall–Kier alpha value is -2.86. The number of anilines is 2. The van der Waals surface area contributed by atoms with E-state index in [1.165, 1.54) is 5.56 Å². The molecule has 3 heterocycles. The van der Waals surface area contributed by atoms with Crippen LogP contribution in [-0.4, -0.2) is 32.7 Å². The lowest BCUT2D eigenvalue weighted by atomic mass is 9.88. The van der Waals surface area contributed by atoms with Gasteiger partial charge in [-0.05, 0) is 54.5 Å². The van der Waals surface area contributed by atoms with Crippen LogP contribution in [0.15, 0.2) is 42.7 Å². The van der Waals surface area contributed by atoms with Crippen LogP contribution in [0.25, 0.3) is 16.7 Å². The molecular formula is C24H26ClN5O. The average molecular weight is 436 g/mol. The summed E-state index contributed by atoms with van der Waals surface area (Å²) in [4.78, 5) is 7.15. The van der Waals surface area contributed by atoms with Gasteiger partial charge in [0.1, 0.15) is 17.9 Å². The van der Waals surface area contributed by atoms with Crippen LogP contribution in [0.4, 0.5) is 11.5 Å². The molecule has 4 aromatic rings. The Kier molecular flexibility index (Phi) is 4.97. The number of para-hydroxylation sites is 1. The first-order chi connectivity index (χ1) is 14.9. The fourth-order valence-electron chi connectivity index (χ4n) is 4.12. The summed E-state index contributed by atoms with van der Waals surface area (Å²) < 4.78 is 8.15. The van der Waals surface area contributed by atoms with Gasteiger partial charge in [-0.25, -0.2) is 0 Å². The SMILES string of the molecule is CC(C)(C)CCc1cccc2c1OCCCN2c1nc2nncn2c2cc(Cl)ccc12. The van der Waals surface area contributed by atoms with E-state index < -0.39 is 0 Å². The van der Waals surface area contributed by atoms with Gasteiger partial charge < -0.3 is 9.64 Å². The molecule has 160 valence electrons.